The van der Waals surface area contributed by atoms with Gasteiger partial charge in [-0.05, 0) is 52.3 Å². The first-order valence-electron chi connectivity index (χ1n) is 9.34. The Bertz CT molecular complexity index is 1140. The minimum atomic E-state index is -0.987. The van der Waals surface area contributed by atoms with Gasteiger partial charge in [0.05, 0.1) is 0 Å². The summed E-state index contributed by atoms with van der Waals surface area (Å²) in [5.74, 6) is -2.37. The number of benzene rings is 4. The molecule has 0 bridgehead atoms. The fourth-order valence-electron chi connectivity index (χ4n) is 3.51. The van der Waals surface area contributed by atoms with Crippen molar-refractivity contribution in [2.24, 2.45) is 0 Å². The number of hydrogen-bond acceptors (Lipinski definition) is 0. The normalized spacial score (nSPS) is 11.1. The van der Waals surface area contributed by atoms with E-state index in [1.807, 2.05) is 18.2 Å². The van der Waals surface area contributed by atoms with Gasteiger partial charge >= 0.3 is 0 Å². The third-order valence-corrected chi connectivity index (χ3v) is 5.01. The maximum absolute atomic E-state index is 15.0. The highest BCUT2D eigenvalue weighted by atomic mass is 19.2. The molecule has 0 saturated carbocycles. The van der Waals surface area contributed by atoms with Crippen LogP contribution in [0.15, 0.2) is 72.8 Å². The fourth-order valence-corrected chi connectivity index (χ4v) is 3.51. The van der Waals surface area contributed by atoms with Crippen LogP contribution < -0.4 is 0 Å². The molecule has 0 heterocycles. The topological polar surface area (TPSA) is 0 Å². The van der Waals surface area contributed by atoms with Crippen LogP contribution in [0, 0.1) is 17.5 Å². The van der Waals surface area contributed by atoms with E-state index in [2.05, 4.69) is 31.2 Å². The molecule has 0 spiro atoms. The van der Waals surface area contributed by atoms with Gasteiger partial charge < -0.3 is 0 Å². The Hall–Kier alpha value is -3.07. The minimum absolute atomic E-state index is 0.253. The Morgan fingerprint density at radius 1 is 0.643 bits per heavy atom. The van der Waals surface area contributed by atoms with Gasteiger partial charge in [0.2, 0.25) is 0 Å². The number of hydrogen-bond donors (Lipinski definition) is 0. The third-order valence-electron chi connectivity index (χ3n) is 5.01. The molecule has 0 atom stereocenters. The molecule has 0 nitrogen and oxygen atoms in total. The van der Waals surface area contributed by atoms with Crippen LogP contribution >= 0.6 is 0 Å². The van der Waals surface area contributed by atoms with Crippen LogP contribution in [0.25, 0.3) is 33.0 Å². The van der Waals surface area contributed by atoms with Crippen molar-refractivity contribution in [1.29, 1.82) is 0 Å². The summed E-state index contributed by atoms with van der Waals surface area (Å²) in [6, 6.07) is 20.8. The van der Waals surface area contributed by atoms with Gasteiger partial charge in [-0.3, -0.25) is 0 Å². The summed E-state index contributed by atoms with van der Waals surface area (Å²) in [6.07, 6.45) is 2.16. The molecule has 0 aliphatic heterocycles. The van der Waals surface area contributed by atoms with Gasteiger partial charge in [-0.15, -0.1) is 0 Å². The summed E-state index contributed by atoms with van der Waals surface area (Å²) >= 11 is 0. The van der Waals surface area contributed by atoms with Gasteiger partial charge in [0.15, 0.2) is 11.6 Å². The average Bonchev–Trinajstić information content (AvgIpc) is 2.71. The van der Waals surface area contributed by atoms with Gasteiger partial charge in [0, 0.05) is 10.9 Å². The molecular weight excluding hydrogens is 357 g/mol. The van der Waals surface area contributed by atoms with E-state index in [9.17, 15) is 8.78 Å². The summed E-state index contributed by atoms with van der Waals surface area (Å²) in [7, 11) is 0. The number of aryl methyl sites for hydroxylation is 1. The molecule has 3 heteroatoms. The molecule has 0 unspecified atom stereocenters. The summed E-state index contributed by atoms with van der Waals surface area (Å²) in [5.41, 5.74) is 3.95. The molecule has 4 aromatic rings. The Morgan fingerprint density at radius 3 is 2.07 bits per heavy atom. The van der Waals surface area contributed by atoms with Gasteiger partial charge in [0.25, 0.3) is 0 Å². The summed E-state index contributed by atoms with van der Waals surface area (Å²) < 4.78 is 41.7. The van der Waals surface area contributed by atoms with Gasteiger partial charge in [-0.25, -0.2) is 13.2 Å². The Labute approximate surface area is 162 Å². The van der Waals surface area contributed by atoms with Crippen LogP contribution in [-0.4, -0.2) is 0 Å². The van der Waals surface area contributed by atoms with E-state index in [0.29, 0.717) is 10.9 Å². The molecule has 4 rings (SSSR count). The highest BCUT2D eigenvalue weighted by Gasteiger charge is 2.12. The van der Waals surface area contributed by atoms with Crippen molar-refractivity contribution in [2.75, 3.05) is 0 Å². The maximum Gasteiger partial charge on any atom is 0.159 e. The fraction of sp³-hybridized carbons (Fsp3) is 0.120. The van der Waals surface area contributed by atoms with E-state index in [1.165, 1.54) is 11.6 Å². The number of fused-ring (bicyclic) bond motifs is 1. The first-order valence-corrected chi connectivity index (χ1v) is 9.34. The van der Waals surface area contributed by atoms with Crippen LogP contribution in [0.2, 0.25) is 0 Å². The molecule has 0 fully saturated rings. The van der Waals surface area contributed by atoms with Crippen molar-refractivity contribution >= 4 is 10.8 Å². The van der Waals surface area contributed by atoms with Crippen LogP contribution in [0.5, 0.6) is 0 Å². The molecule has 4 aromatic carbocycles. The van der Waals surface area contributed by atoms with Crippen molar-refractivity contribution in [1.82, 2.24) is 0 Å². The predicted molar refractivity (Wildman–Crippen MR) is 109 cm³/mol. The summed E-state index contributed by atoms with van der Waals surface area (Å²) in [5, 5.41) is 1.22. The quantitative estimate of drug-likeness (QED) is 0.345. The number of halogens is 3. The molecule has 0 N–H and O–H groups in total. The zero-order valence-electron chi connectivity index (χ0n) is 15.5. The first kappa shape index (κ1) is 18.3. The SMILES string of the molecule is CCCc1ccc(-c2ccc3c(F)c(-c4ccc(F)c(F)c4)ccc3c2)cc1. The van der Waals surface area contributed by atoms with Crippen molar-refractivity contribution in [3.05, 3.63) is 95.8 Å². The molecule has 28 heavy (non-hydrogen) atoms. The summed E-state index contributed by atoms with van der Waals surface area (Å²) in [4.78, 5) is 0. The lowest BCUT2D eigenvalue weighted by Crippen LogP contribution is -1.90. The molecule has 140 valence electrons. The van der Waals surface area contributed by atoms with E-state index in [0.717, 1.165) is 41.5 Å². The zero-order valence-corrected chi connectivity index (χ0v) is 15.5. The zero-order chi connectivity index (χ0) is 19.7. The van der Waals surface area contributed by atoms with E-state index in [4.69, 9.17) is 0 Å². The standard InChI is InChI=1S/C25H19F3/c1-2-3-16-4-6-17(7-5-16)18-8-11-21-19(14-18)9-12-22(25(21)28)20-10-13-23(26)24(27)15-20/h4-15H,2-3H2,1H3. The average molecular weight is 376 g/mol. The second-order valence-electron chi connectivity index (χ2n) is 6.94. The molecule has 0 amide bonds. The van der Waals surface area contributed by atoms with Gasteiger partial charge in [-0.2, -0.15) is 0 Å². The van der Waals surface area contributed by atoms with E-state index in [-0.39, 0.29) is 5.56 Å². The van der Waals surface area contributed by atoms with Crippen molar-refractivity contribution < 1.29 is 13.2 Å². The van der Waals surface area contributed by atoms with Crippen LogP contribution in [0.1, 0.15) is 18.9 Å². The minimum Gasteiger partial charge on any atom is -0.206 e. The highest BCUT2D eigenvalue weighted by molar-refractivity contribution is 5.91. The first-order chi connectivity index (χ1) is 13.6. The number of rotatable bonds is 4. The van der Waals surface area contributed by atoms with Crippen LogP contribution in [-0.2, 0) is 6.42 Å². The Balaban J connectivity index is 1.74. The lowest BCUT2D eigenvalue weighted by atomic mass is 9.96. The van der Waals surface area contributed by atoms with E-state index < -0.39 is 17.5 Å². The highest BCUT2D eigenvalue weighted by Crippen LogP contribution is 2.32. The molecule has 0 radical (unpaired) electrons. The molecule has 0 aliphatic rings. The van der Waals surface area contributed by atoms with Gasteiger partial charge in [-0.1, -0.05) is 67.9 Å². The monoisotopic (exact) mass is 376 g/mol. The van der Waals surface area contributed by atoms with Gasteiger partial charge in [0.1, 0.15) is 5.82 Å². The lowest BCUT2D eigenvalue weighted by molar-refractivity contribution is 0.509. The second kappa shape index (κ2) is 7.51. The molecule has 0 aliphatic carbocycles. The van der Waals surface area contributed by atoms with Crippen LogP contribution in [0.3, 0.4) is 0 Å². The van der Waals surface area contributed by atoms with E-state index in [1.54, 1.807) is 12.1 Å². The predicted octanol–water partition coefficient (Wildman–Crippen LogP) is 7.54. The third kappa shape index (κ3) is 3.40. The maximum atomic E-state index is 15.0. The van der Waals surface area contributed by atoms with Crippen molar-refractivity contribution in [3.8, 4) is 22.3 Å². The second-order valence-corrected chi connectivity index (χ2v) is 6.94. The molecule has 0 saturated heterocycles. The molecule has 0 aromatic heterocycles. The smallest absolute Gasteiger partial charge is 0.159 e. The Kier molecular flexibility index (Phi) is 4.91. The Morgan fingerprint density at radius 2 is 1.36 bits per heavy atom. The van der Waals surface area contributed by atoms with Crippen molar-refractivity contribution in [3.63, 3.8) is 0 Å². The lowest BCUT2D eigenvalue weighted by Gasteiger charge is -2.10. The molecular formula is C25H19F3. The summed E-state index contributed by atoms with van der Waals surface area (Å²) in [6.45, 7) is 2.15. The van der Waals surface area contributed by atoms with E-state index >= 15 is 4.39 Å². The van der Waals surface area contributed by atoms with Crippen molar-refractivity contribution in [2.45, 2.75) is 19.8 Å². The van der Waals surface area contributed by atoms with Crippen LogP contribution in [0.4, 0.5) is 13.2 Å². The largest absolute Gasteiger partial charge is 0.206 e.